The van der Waals surface area contributed by atoms with Crippen LogP contribution in [0.4, 0.5) is 0 Å². The van der Waals surface area contributed by atoms with Gasteiger partial charge >= 0.3 is 0 Å². The van der Waals surface area contributed by atoms with Gasteiger partial charge in [0, 0.05) is 0 Å². The number of hydrogen-bond donors (Lipinski definition) is 0. The summed E-state index contributed by atoms with van der Waals surface area (Å²) in [5.41, 5.74) is 1.07. The van der Waals surface area contributed by atoms with Gasteiger partial charge in [-0.3, -0.25) is 0 Å². The lowest BCUT2D eigenvalue weighted by atomic mass is 9.97. The predicted molar refractivity (Wildman–Crippen MR) is 62.4 cm³/mol. The third-order valence-corrected chi connectivity index (χ3v) is 2.11. The highest BCUT2D eigenvalue weighted by atomic mass is 16.5. The molecule has 2 radical (unpaired) electrons. The van der Waals surface area contributed by atoms with Gasteiger partial charge in [-0.1, -0.05) is 42.2 Å². The van der Waals surface area contributed by atoms with Gasteiger partial charge in [0.05, 0.1) is 7.85 Å². The Balaban J connectivity index is 2.17. The molecule has 2 heteroatoms. The molecular weight excluding hydrogens is 183 g/mol. The molecule has 0 bridgehead atoms. The molecule has 0 amide bonds. The summed E-state index contributed by atoms with van der Waals surface area (Å²) in [7, 11) is 5.56. The monoisotopic (exact) mass is 194 g/mol. The van der Waals surface area contributed by atoms with E-state index in [0.717, 1.165) is 17.1 Å². The first-order valence-corrected chi connectivity index (χ1v) is 4.90. The SMILES string of the molecule is [B]Cc1cccc(Oc2ccccc2)c1. The van der Waals surface area contributed by atoms with Crippen LogP contribution in [0.1, 0.15) is 5.56 Å². The van der Waals surface area contributed by atoms with Gasteiger partial charge in [0.2, 0.25) is 0 Å². The summed E-state index contributed by atoms with van der Waals surface area (Å²) in [6.07, 6.45) is 0.534. The first kappa shape index (κ1) is 9.84. The number of para-hydroxylation sites is 1. The third-order valence-electron chi connectivity index (χ3n) is 2.11. The van der Waals surface area contributed by atoms with Gasteiger partial charge in [-0.05, 0) is 24.3 Å². The number of rotatable bonds is 3. The largest absolute Gasteiger partial charge is 0.457 e. The van der Waals surface area contributed by atoms with Gasteiger partial charge in [0.1, 0.15) is 11.5 Å². The van der Waals surface area contributed by atoms with E-state index in [2.05, 4.69) is 0 Å². The van der Waals surface area contributed by atoms with Crippen LogP contribution in [0.2, 0.25) is 0 Å². The normalized spacial score (nSPS) is 9.87. The van der Waals surface area contributed by atoms with E-state index in [1.165, 1.54) is 0 Å². The van der Waals surface area contributed by atoms with Crippen LogP contribution >= 0.6 is 0 Å². The van der Waals surface area contributed by atoms with E-state index in [1.807, 2.05) is 54.6 Å². The molecule has 0 unspecified atom stereocenters. The van der Waals surface area contributed by atoms with Crippen molar-refractivity contribution in [2.75, 3.05) is 0 Å². The van der Waals surface area contributed by atoms with Crippen LogP contribution in [0.15, 0.2) is 54.6 Å². The molecule has 0 aliphatic carbocycles. The van der Waals surface area contributed by atoms with Crippen LogP contribution in [0.5, 0.6) is 11.5 Å². The van der Waals surface area contributed by atoms with Crippen molar-refractivity contribution in [1.82, 2.24) is 0 Å². The molecule has 72 valence electrons. The van der Waals surface area contributed by atoms with Crippen molar-refractivity contribution >= 4 is 7.85 Å². The summed E-state index contributed by atoms with van der Waals surface area (Å²) in [6.45, 7) is 0. The van der Waals surface area contributed by atoms with Crippen molar-refractivity contribution < 1.29 is 4.74 Å². The molecule has 0 fully saturated rings. The van der Waals surface area contributed by atoms with Gasteiger partial charge in [-0.15, -0.1) is 0 Å². The molecule has 15 heavy (non-hydrogen) atoms. The second-order valence-corrected chi connectivity index (χ2v) is 3.27. The van der Waals surface area contributed by atoms with Crippen molar-refractivity contribution in [2.45, 2.75) is 6.32 Å². The Morgan fingerprint density at radius 2 is 1.60 bits per heavy atom. The molecule has 2 aromatic carbocycles. The molecule has 0 heterocycles. The van der Waals surface area contributed by atoms with Gasteiger partial charge in [0.25, 0.3) is 0 Å². The zero-order valence-electron chi connectivity index (χ0n) is 8.39. The van der Waals surface area contributed by atoms with Crippen molar-refractivity contribution in [3.8, 4) is 11.5 Å². The summed E-state index contributed by atoms with van der Waals surface area (Å²) in [5.74, 6) is 1.66. The minimum Gasteiger partial charge on any atom is -0.457 e. The second-order valence-electron chi connectivity index (χ2n) is 3.27. The molecular formula is C13H11BO. The molecule has 1 nitrogen and oxygen atoms in total. The lowest BCUT2D eigenvalue weighted by Crippen LogP contribution is -1.87. The summed E-state index contributed by atoms with van der Waals surface area (Å²) in [6, 6.07) is 17.5. The Labute approximate surface area is 91.1 Å². The molecule has 0 saturated heterocycles. The van der Waals surface area contributed by atoms with Crippen molar-refractivity contribution in [3.05, 3.63) is 60.2 Å². The molecule has 2 aromatic rings. The molecule has 0 N–H and O–H groups in total. The van der Waals surface area contributed by atoms with Crippen LogP contribution in [0, 0.1) is 0 Å². The van der Waals surface area contributed by atoms with E-state index in [-0.39, 0.29) is 0 Å². The van der Waals surface area contributed by atoms with E-state index >= 15 is 0 Å². The van der Waals surface area contributed by atoms with Crippen molar-refractivity contribution in [2.24, 2.45) is 0 Å². The van der Waals surface area contributed by atoms with E-state index in [4.69, 9.17) is 12.6 Å². The molecule has 0 aliphatic rings. The first-order chi connectivity index (χ1) is 7.38. The molecule has 2 rings (SSSR count). The van der Waals surface area contributed by atoms with Gasteiger partial charge < -0.3 is 4.74 Å². The molecule has 0 aromatic heterocycles. The van der Waals surface area contributed by atoms with Crippen molar-refractivity contribution in [3.63, 3.8) is 0 Å². The van der Waals surface area contributed by atoms with Crippen LogP contribution in [-0.4, -0.2) is 7.85 Å². The Bertz CT molecular complexity index is 426. The molecule has 0 aliphatic heterocycles. The standard InChI is InChI=1S/C13H11BO/c14-10-11-5-4-8-13(9-11)15-12-6-2-1-3-7-12/h1-9H,10H2. The maximum absolute atomic E-state index is 5.67. The highest BCUT2D eigenvalue weighted by Gasteiger charge is 1.96. The fraction of sp³-hybridized carbons (Fsp3) is 0.0769. The molecule has 0 spiro atoms. The van der Waals surface area contributed by atoms with Gasteiger partial charge in [-0.25, -0.2) is 0 Å². The minimum absolute atomic E-state index is 0.534. The Kier molecular flexibility index (Phi) is 3.08. The maximum Gasteiger partial charge on any atom is 0.127 e. The summed E-state index contributed by atoms with van der Waals surface area (Å²) in [4.78, 5) is 0. The maximum atomic E-state index is 5.67. The van der Waals surface area contributed by atoms with E-state index < -0.39 is 0 Å². The van der Waals surface area contributed by atoms with Crippen LogP contribution < -0.4 is 4.74 Å². The fourth-order valence-electron chi connectivity index (χ4n) is 1.36. The highest BCUT2D eigenvalue weighted by molar-refractivity contribution is 6.08. The summed E-state index contributed by atoms with van der Waals surface area (Å²) >= 11 is 0. The van der Waals surface area contributed by atoms with Crippen LogP contribution in [0.3, 0.4) is 0 Å². The third kappa shape index (κ3) is 2.63. The topological polar surface area (TPSA) is 9.23 Å². The van der Waals surface area contributed by atoms with E-state index in [1.54, 1.807) is 0 Å². The average Bonchev–Trinajstić information content (AvgIpc) is 2.31. The van der Waals surface area contributed by atoms with Crippen LogP contribution in [-0.2, 0) is 6.32 Å². The fourth-order valence-corrected chi connectivity index (χ4v) is 1.36. The highest BCUT2D eigenvalue weighted by Crippen LogP contribution is 2.21. The Morgan fingerprint density at radius 1 is 0.867 bits per heavy atom. The summed E-state index contributed by atoms with van der Waals surface area (Å²) < 4.78 is 5.67. The minimum atomic E-state index is 0.534. The lowest BCUT2D eigenvalue weighted by Gasteiger charge is -2.06. The van der Waals surface area contributed by atoms with Crippen LogP contribution in [0.25, 0.3) is 0 Å². The van der Waals surface area contributed by atoms with Gasteiger partial charge in [-0.2, -0.15) is 0 Å². The Morgan fingerprint density at radius 3 is 2.33 bits per heavy atom. The second kappa shape index (κ2) is 4.69. The number of hydrogen-bond acceptors (Lipinski definition) is 1. The van der Waals surface area contributed by atoms with Gasteiger partial charge in [0.15, 0.2) is 0 Å². The van der Waals surface area contributed by atoms with Crippen molar-refractivity contribution in [1.29, 1.82) is 0 Å². The lowest BCUT2D eigenvalue weighted by molar-refractivity contribution is 0.482. The molecule has 0 atom stereocenters. The number of ether oxygens (including phenoxy) is 1. The molecule has 0 saturated carbocycles. The zero-order valence-corrected chi connectivity index (χ0v) is 8.39. The quantitative estimate of drug-likeness (QED) is 0.682. The Hall–Kier alpha value is -1.70. The summed E-state index contributed by atoms with van der Waals surface area (Å²) in [5, 5.41) is 0. The van der Waals surface area contributed by atoms with E-state index in [9.17, 15) is 0 Å². The zero-order chi connectivity index (χ0) is 10.5. The smallest absolute Gasteiger partial charge is 0.127 e. The van der Waals surface area contributed by atoms with E-state index in [0.29, 0.717) is 6.32 Å². The first-order valence-electron chi connectivity index (χ1n) is 4.90. The average molecular weight is 194 g/mol. The number of benzene rings is 2. The predicted octanol–water partition coefficient (Wildman–Crippen LogP) is 3.15.